The van der Waals surface area contributed by atoms with Crippen molar-refractivity contribution in [1.82, 2.24) is 4.90 Å². The van der Waals surface area contributed by atoms with Gasteiger partial charge in [0.1, 0.15) is 0 Å². The lowest BCUT2D eigenvalue weighted by Gasteiger charge is -2.23. The van der Waals surface area contributed by atoms with Crippen LogP contribution in [0.5, 0.6) is 5.75 Å². The number of carboxylic acid groups (broad SMARTS) is 1. The van der Waals surface area contributed by atoms with E-state index in [1.807, 2.05) is 0 Å². The lowest BCUT2D eigenvalue weighted by atomic mass is 9.81. The van der Waals surface area contributed by atoms with Gasteiger partial charge in [0.2, 0.25) is 5.91 Å². The van der Waals surface area contributed by atoms with Gasteiger partial charge in [0.25, 0.3) is 0 Å². The zero-order valence-corrected chi connectivity index (χ0v) is 15.9. The van der Waals surface area contributed by atoms with Gasteiger partial charge >= 0.3 is 11.7 Å². The van der Waals surface area contributed by atoms with E-state index in [-0.39, 0.29) is 29.0 Å². The molecule has 1 aliphatic heterocycles. The molecule has 0 unspecified atom stereocenters. The van der Waals surface area contributed by atoms with Crippen molar-refractivity contribution in [3.05, 3.63) is 33.9 Å². The third-order valence-electron chi connectivity index (χ3n) is 5.58. The molecule has 0 radical (unpaired) electrons. The average molecular weight is 394 g/mol. The minimum atomic E-state index is -0.793. The van der Waals surface area contributed by atoms with Crippen molar-refractivity contribution in [2.45, 2.75) is 25.0 Å². The molecule has 1 saturated carbocycles. The van der Waals surface area contributed by atoms with Crippen LogP contribution in [0, 0.1) is 21.4 Å². The fourth-order valence-corrected chi connectivity index (χ4v) is 5.02. The molecule has 1 aromatic rings. The van der Waals surface area contributed by atoms with Crippen LogP contribution in [0.2, 0.25) is 0 Å². The average Bonchev–Trinajstić information content (AvgIpc) is 3.20. The summed E-state index contributed by atoms with van der Waals surface area (Å²) >= 11 is 1.37. The number of likely N-dealkylation sites (tertiary alicyclic amines) is 1. The van der Waals surface area contributed by atoms with Crippen LogP contribution in [0.3, 0.4) is 0 Å². The van der Waals surface area contributed by atoms with Gasteiger partial charge in [-0.15, -0.1) is 11.8 Å². The lowest BCUT2D eigenvalue weighted by molar-refractivity contribution is -0.385. The van der Waals surface area contributed by atoms with Crippen molar-refractivity contribution >= 4 is 29.3 Å². The van der Waals surface area contributed by atoms with Gasteiger partial charge < -0.3 is 14.7 Å². The highest BCUT2D eigenvalue weighted by Gasteiger charge is 2.55. The molecule has 0 spiro atoms. The first-order chi connectivity index (χ1) is 12.9. The topological polar surface area (TPSA) is 110 Å². The highest BCUT2D eigenvalue weighted by atomic mass is 32.2. The number of carbonyl (C=O) groups excluding carboxylic acids is 1. The molecule has 146 valence electrons. The minimum absolute atomic E-state index is 0.0492. The van der Waals surface area contributed by atoms with Gasteiger partial charge in [0.05, 0.1) is 23.2 Å². The Morgan fingerprint density at radius 2 is 2.26 bits per heavy atom. The molecular formula is C18H22N2O6S. The number of fused-ring (bicyclic) bond motifs is 1. The predicted octanol–water partition coefficient (Wildman–Crippen LogP) is 2.55. The van der Waals surface area contributed by atoms with E-state index < -0.39 is 16.3 Å². The number of amides is 1. The number of nitrogens with zero attached hydrogens (tertiary/aromatic N) is 2. The second kappa shape index (κ2) is 7.75. The Hall–Kier alpha value is -2.29. The standard InChI is InChI=1S/C18H22N2O6S/c1-26-15-5-4-12(7-14(15)20(24)25)9-27-10-16(21)19-8-13-3-2-6-18(13,11-19)17(22)23/h4-5,7,13H,2-3,6,8-11H2,1H3,(H,22,23)/t13-,18+/m0/s1. The van der Waals surface area contributed by atoms with E-state index in [1.165, 1.54) is 24.9 Å². The summed E-state index contributed by atoms with van der Waals surface area (Å²) in [5.41, 5.74) is -0.130. The maximum absolute atomic E-state index is 12.5. The summed E-state index contributed by atoms with van der Waals surface area (Å²) in [6.07, 6.45) is 2.40. The van der Waals surface area contributed by atoms with E-state index in [1.54, 1.807) is 17.0 Å². The van der Waals surface area contributed by atoms with E-state index >= 15 is 0 Å². The maximum Gasteiger partial charge on any atom is 0.311 e. The molecule has 27 heavy (non-hydrogen) atoms. The highest BCUT2D eigenvalue weighted by molar-refractivity contribution is 7.99. The number of hydrogen-bond acceptors (Lipinski definition) is 6. The van der Waals surface area contributed by atoms with Crippen LogP contribution in [0.25, 0.3) is 0 Å². The summed E-state index contributed by atoms with van der Waals surface area (Å²) < 4.78 is 4.98. The second-order valence-corrected chi connectivity index (χ2v) is 8.07. The Labute approximate surface area is 161 Å². The van der Waals surface area contributed by atoms with Crippen LogP contribution in [-0.2, 0) is 15.3 Å². The van der Waals surface area contributed by atoms with E-state index in [2.05, 4.69) is 0 Å². The first-order valence-electron chi connectivity index (χ1n) is 8.77. The van der Waals surface area contributed by atoms with Crippen molar-refractivity contribution in [3.8, 4) is 5.75 Å². The Balaban J connectivity index is 1.56. The second-order valence-electron chi connectivity index (χ2n) is 7.08. The molecular weight excluding hydrogens is 372 g/mol. The largest absolute Gasteiger partial charge is 0.490 e. The molecule has 2 aliphatic rings. The van der Waals surface area contributed by atoms with Crippen LogP contribution >= 0.6 is 11.8 Å². The van der Waals surface area contributed by atoms with Crippen LogP contribution < -0.4 is 4.74 Å². The minimum Gasteiger partial charge on any atom is -0.490 e. The number of carbonyl (C=O) groups is 2. The predicted molar refractivity (Wildman–Crippen MR) is 99.8 cm³/mol. The number of nitro benzene ring substituents is 1. The molecule has 0 bridgehead atoms. The Morgan fingerprint density at radius 3 is 2.89 bits per heavy atom. The van der Waals surface area contributed by atoms with E-state index in [4.69, 9.17) is 4.74 Å². The number of hydrogen-bond donors (Lipinski definition) is 1. The van der Waals surface area contributed by atoms with Gasteiger partial charge in [-0.3, -0.25) is 19.7 Å². The molecule has 0 aromatic heterocycles. The number of benzene rings is 1. The highest BCUT2D eigenvalue weighted by Crippen LogP contribution is 2.49. The quantitative estimate of drug-likeness (QED) is 0.559. The summed E-state index contributed by atoms with van der Waals surface area (Å²) in [5, 5.41) is 20.7. The van der Waals surface area contributed by atoms with Gasteiger partial charge in [-0.05, 0) is 30.4 Å². The third kappa shape index (κ3) is 3.73. The molecule has 2 fully saturated rings. The first kappa shape index (κ1) is 19.5. The number of nitro groups is 1. The van der Waals surface area contributed by atoms with Crippen molar-refractivity contribution in [2.75, 3.05) is 26.0 Å². The number of thioether (sulfide) groups is 1. The fourth-order valence-electron chi connectivity index (χ4n) is 4.14. The normalized spacial score (nSPS) is 23.9. The monoisotopic (exact) mass is 394 g/mol. The Morgan fingerprint density at radius 1 is 1.48 bits per heavy atom. The summed E-state index contributed by atoms with van der Waals surface area (Å²) in [5.74, 6) is 0.0669. The number of carboxylic acids is 1. The molecule has 1 N–H and O–H groups in total. The SMILES string of the molecule is COc1ccc(CSCC(=O)N2C[C@@H]3CCC[C@@]3(C(=O)O)C2)cc1[N+](=O)[O-]. The van der Waals surface area contributed by atoms with Crippen molar-refractivity contribution in [2.24, 2.45) is 11.3 Å². The van der Waals surface area contributed by atoms with Gasteiger partial charge in [0, 0.05) is 24.9 Å². The van der Waals surface area contributed by atoms with Crippen molar-refractivity contribution in [1.29, 1.82) is 0 Å². The van der Waals surface area contributed by atoms with E-state index in [0.29, 0.717) is 25.3 Å². The maximum atomic E-state index is 12.5. The summed E-state index contributed by atoms with van der Waals surface area (Å²) in [4.78, 5) is 36.4. The summed E-state index contributed by atoms with van der Waals surface area (Å²) in [6.45, 7) is 0.806. The zero-order valence-electron chi connectivity index (χ0n) is 15.1. The van der Waals surface area contributed by atoms with E-state index in [9.17, 15) is 24.8 Å². The first-order valence-corrected chi connectivity index (χ1v) is 9.93. The summed E-state index contributed by atoms with van der Waals surface area (Å²) in [7, 11) is 1.38. The molecule has 1 aromatic carbocycles. The molecule has 3 rings (SSSR count). The van der Waals surface area contributed by atoms with Crippen molar-refractivity contribution in [3.63, 3.8) is 0 Å². The van der Waals surface area contributed by atoms with Crippen molar-refractivity contribution < 1.29 is 24.4 Å². The fraction of sp³-hybridized carbons (Fsp3) is 0.556. The molecule has 9 heteroatoms. The number of aliphatic carboxylic acids is 1. The van der Waals surface area contributed by atoms with E-state index in [0.717, 1.165) is 18.4 Å². The van der Waals surface area contributed by atoms with Crippen LogP contribution in [-0.4, -0.2) is 52.8 Å². The van der Waals surface area contributed by atoms with Gasteiger partial charge in [0.15, 0.2) is 5.75 Å². The molecule has 1 heterocycles. The smallest absolute Gasteiger partial charge is 0.311 e. The molecule has 1 aliphatic carbocycles. The number of rotatable bonds is 7. The van der Waals surface area contributed by atoms with Gasteiger partial charge in [-0.25, -0.2) is 0 Å². The van der Waals surface area contributed by atoms with Crippen LogP contribution in [0.4, 0.5) is 5.69 Å². The van der Waals surface area contributed by atoms with Gasteiger partial charge in [-0.2, -0.15) is 0 Å². The van der Waals surface area contributed by atoms with Crippen LogP contribution in [0.15, 0.2) is 18.2 Å². The molecule has 1 amide bonds. The third-order valence-corrected chi connectivity index (χ3v) is 6.57. The Bertz CT molecular complexity index is 770. The lowest BCUT2D eigenvalue weighted by Crippen LogP contribution is -2.37. The zero-order chi connectivity index (χ0) is 19.6. The number of ether oxygens (including phenoxy) is 1. The summed E-state index contributed by atoms with van der Waals surface area (Å²) in [6, 6.07) is 4.74. The molecule has 8 nitrogen and oxygen atoms in total. The Kier molecular flexibility index (Phi) is 5.59. The molecule has 2 atom stereocenters. The number of methoxy groups -OCH3 is 1. The molecule has 1 saturated heterocycles. The van der Waals surface area contributed by atoms with Crippen LogP contribution in [0.1, 0.15) is 24.8 Å². The van der Waals surface area contributed by atoms with Gasteiger partial charge in [-0.1, -0.05) is 12.5 Å².